The van der Waals surface area contributed by atoms with Gasteiger partial charge in [0.2, 0.25) is 11.8 Å². The van der Waals surface area contributed by atoms with Crippen LogP contribution in [0.1, 0.15) is 35.8 Å². The van der Waals surface area contributed by atoms with Crippen LogP contribution in [0.15, 0.2) is 36.4 Å². The highest BCUT2D eigenvalue weighted by molar-refractivity contribution is 6.30. The first kappa shape index (κ1) is 19.0. The first-order chi connectivity index (χ1) is 12.7. The number of hydrogen-bond donors (Lipinski definition) is 4. The summed E-state index contributed by atoms with van der Waals surface area (Å²) in [4.78, 5) is 25.0. The third kappa shape index (κ3) is 3.43. The average molecular weight is 390 g/mol. The Bertz CT molecular complexity index is 918. The van der Waals surface area contributed by atoms with Crippen LogP contribution in [0.4, 0.5) is 11.4 Å². The van der Waals surface area contributed by atoms with E-state index in [0.29, 0.717) is 22.0 Å². The summed E-state index contributed by atoms with van der Waals surface area (Å²) in [6, 6.07) is 8.84. The van der Waals surface area contributed by atoms with Crippen molar-refractivity contribution in [1.82, 2.24) is 0 Å². The Labute approximate surface area is 161 Å². The Balaban J connectivity index is 2.12. The standard InChI is InChI=1S/C19H20ClN3O4/c1-9-17(22-14-5-4-12(20)8-16(14)25)13-7-11(18(21)26)3-6-15(13)23(10(2)24)19(9)27/h3-9,17,19,22,25,27H,1-2H3,(H2,21,26)/t9-,17-,19+/m1/s1. The smallest absolute Gasteiger partial charge is 0.248 e. The fourth-order valence-electron chi connectivity index (χ4n) is 3.37. The number of aliphatic hydroxyl groups is 1. The lowest BCUT2D eigenvalue weighted by Gasteiger charge is -2.43. The fourth-order valence-corrected chi connectivity index (χ4v) is 3.54. The average Bonchev–Trinajstić information content (AvgIpc) is 2.60. The van der Waals surface area contributed by atoms with Crippen molar-refractivity contribution in [2.45, 2.75) is 26.1 Å². The van der Waals surface area contributed by atoms with E-state index in [9.17, 15) is 19.8 Å². The Morgan fingerprint density at radius 2 is 1.93 bits per heavy atom. The summed E-state index contributed by atoms with van der Waals surface area (Å²) >= 11 is 5.88. The van der Waals surface area contributed by atoms with Gasteiger partial charge in [-0.2, -0.15) is 0 Å². The maximum Gasteiger partial charge on any atom is 0.248 e. The lowest BCUT2D eigenvalue weighted by molar-refractivity contribution is -0.119. The van der Waals surface area contributed by atoms with Crippen LogP contribution in [0.3, 0.4) is 0 Å². The zero-order valence-corrected chi connectivity index (χ0v) is 15.6. The highest BCUT2D eigenvalue weighted by Gasteiger charge is 2.40. The molecule has 0 aromatic heterocycles. The number of aromatic hydroxyl groups is 1. The first-order valence-corrected chi connectivity index (χ1v) is 8.75. The second-order valence-electron chi connectivity index (χ2n) is 6.58. The van der Waals surface area contributed by atoms with Crippen LogP contribution in [0, 0.1) is 5.92 Å². The van der Waals surface area contributed by atoms with Gasteiger partial charge in [-0.05, 0) is 35.9 Å². The highest BCUT2D eigenvalue weighted by Crippen LogP contribution is 2.43. The molecule has 0 radical (unpaired) electrons. The van der Waals surface area contributed by atoms with E-state index in [2.05, 4.69) is 5.32 Å². The molecule has 142 valence electrons. The molecule has 2 amide bonds. The largest absolute Gasteiger partial charge is 0.506 e. The summed E-state index contributed by atoms with van der Waals surface area (Å²) in [7, 11) is 0. The van der Waals surface area contributed by atoms with Gasteiger partial charge < -0.3 is 21.3 Å². The number of nitrogens with zero attached hydrogens (tertiary/aromatic N) is 1. The van der Waals surface area contributed by atoms with Gasteiger partial charge in [0, 0.05) is 29.5 Å². The minimum absolute atomic E-state index is 0.0502. The van der Waals surface area contributed by atoms with Gasteiger partial charge in [-0.15, -0.1) is 0 Å². The number of nitrogens with one attached hydrogen (secondary N) is 1. The van der Waals surface area contributed by atoms with Crippen molar-refractivity contribution >= 4 is 34.8 Å². The molecule has 3 rings (SSSR count). The van der Waals surface area contributed by atoms with E-state index < -0.39 is 24.1 Å². The molecule has 2 aromatic carbocycles. The number of carbonyl (C=O) groups excluding carboxylic acids is 2. The van der Waals surface area contributed by atoms with E-state index >= 15 is 0 Å². The van der Waals surface area contributed by atoms with E-state index in [4.69, 9.17) is 17.3 Å². The molecule has 1 aliphatic heterocycles. The molecule has 0 saturated heterocycles. The molecule has 3 atom stereocenters. The zero-order chi connectivity index (χ0) is 19.9. The van der Waals surface area contributed by atoms with Gasteiger partial charge in [0.15, 0.2) is 0 Å². The van der Waals surface area contributed by atoms with Crippen molar-refractivity contribution in [2.24, 2.45) is 11.7 Å². The van der Waals surface area contributed by atoms with Crippen LogP contribution in [0.2, 0.25) is 5.02 Å². The van der Waals surface area contributed by atoms with Crippen LogP contribution >= 0.6 is 11.6 Å². The van der Waals surface area contributed by atoms with Gasteiger partial charge in [0.1, 0.15) is 12.0 Å². The molecule has 0 saturated carbocycles. The normalized spacial score (nSPS) is 21.5. The van der Waals surface area contributed by atoms with Crippen LogP contribution in [-0.4, -0.2) is 28.3 Å². The van der Waals surface area contributed by atoms with Crippen molar-refractivity contribution in [3.63, 3.8) is 0 Å². The number of phenolic OH excluding ortho intramolecular Hbond substituents is 1. The molecule has 2 aromatic rings. The van der Waals surface area contributed by atoms with Gasteiger partial charge in [0.05, 0.1) is 17.4 Å². The van der Waals surface area contributed by atoms with E-state index in [1.165, 1.54) is 24.0 Å². The molecule has 0 fully saturated rings. The number of rotatable bonds is 3. The maximum absolute atomic E-state index is 12.1. The van der Waals surface area contributed by atoms with Gasteiger partial charge in [-0.3, -0.25) is 14.5 Å². The second-order valence-corrected chi connectivity index (χ2v) is 7.02. The molecule has 1 heterocycles. The lowest BCUT2D eigenvalue weighted by Crippen LogP contribution is -2.50. The number of nitrogens with two attached hydrogens (primary N) is 1. The van der Waals surface area contributed by atoms with Gasteiger partial charge in [-0.1, -0.05) is 18.5 Å². The first-order valence-electron chi connectivity index (χ1n) is 8.37. The predicted octanol–water partition coefficient (Wildman–Crippen LogP) is 2.62. The number of phenols is 1. The number of aliphatic hydroxyl groups excluding tert-OH is 1. The molecular weight excluding hydrogens is 370 g/mol. The number of amides is 2. The molecule has 5 N–H and O–H groups in total. The summed E-state index contributed by atoms with van der Waals surface area (Å²) in [5.74, 6) is -1.42. The number of anilines is 2. The quantitative estimate of drug-likeness (QED) is 0.602. The Morgan fingerprint density at radius 3 is 2.52 bits per heavy atom. The minimum atomic E-state index is -1.08. The summed E-state index contributed by atoms with van der Waals surface area (Å²) < 4.78 is 0. The van der Waals surface area contributed by atoms with Crippen molar-refractivity contribution in [3.05, 3.63) is 52.5 Å². The molecule has 0 aliphatic carbocycles. The molecule has 8 heteroatoms. The number of halogens is 1. The van der Waals surface area contributed by atoms with Gasteiger partial charge in [0.25, 0.3) is 0 Å². The number of primary amides is 1. The zero-order valence-electron chi connectivity index (χ0n) is 14.8. The predicted molar refractivity (Wildman–Crippen MR) is 103 cm³/mol. The molecule has 0 unspecified atom stereocenters. The monoisotopic (exact) mass is 389 g/mol. The van der Waals surface area contributed by atoms with Crippen molar-refractivity contribution in [3.8, 4) is 5.75 Å². The summed E-state index contributed by atoms with van der Waals surface area (Å²) in [6.07, 6.45) is -1.08. The molecule has 1 aliphatic rings. The molecule has 0 spiro atoms. The van der Waals surface area contributed by atoms with E-state index in [0.717, 1.165) is 0 Å². The summed E-state index contributed by atoms with van der Waals surface area (Å²) in [5, 5.41) is 24.4. The number of benzene rings is 2. The maximum atomic E-state index is 12.1. The van der Waals surface area contributed by atoms with Crippen LogP contribution in [0.5, 0.6) is 5.75 Å². The summed E-state index contributed by atoms with van der Waals surface area (Å²) in [5.41, 5.74) is 7.19. The molecule has 27 heavy (non-hydrogen) atoms. The van der Waals surface area contributed by atoms with Crippen molar-refractivity contribution in [2.75, 3.05) is 10.2 Å². The van der Waals surface area contributed by atoms with Crippen LogP contribution < -0.4 is 16.0 Å². The third-order valence-electron chi connectivity index (χ3n) is 4.78. The molecular formula is C19H20ClN3O4. The van der Waals surface area contributed by atoms with Crippen LogP contribution in [-0.2, 0) is 4.79 Å². The SMILES string of the molecule is CC(=O)N1c2ccc(C(N)=O)cc2[C@H](Nc2ccc(Cl)cc2O)[C@@H](C)[C@@H]1O. The Morgan fingerprint density at radius 1 is 1.22 bits per heavy atom. The number of carbonyl (C=O) groups is 2. The van der Waals surface area contributed by atoms with Crippen molar-refractivity contribution < 1.29 is 19.8 Å². The second kappa shape index (κ2) is 7.09. The molecule has 0 bridgehead atoms. The number of hydrogen-bond acceptors (Lipinski definition) is 5. The summed E-state index contributed by atoms with van der Waals surface area (Å²) in [6.45, 7) is 3.13. The van der Waals surface area contributed by atoms with Crippen molar-refractivity contribution in [1.29, 1.82) is 0 Å². The van der Waals surface area contributed by atoms with E-state index in [1.54, 1.807) is 31.2 Å². The van der Waals surface area contributed by atoms with Gasteiger partial charge in [-0.25, -0.2) is 0 Å². The highest BCUT2D eigenvalue weighted by atomic mass is 35.5. The Hall–Kier alpha value is -2.77. The number of fused-ring (bicyclic) bond motifs is 1. The minimum Gasteiger partial charge on any atom is -0.506 e. The fraction of sp³-hybridized carbons (Fsp3) is 0.263. The Kier molecular flexibility index (Phi) is 4.99. The van der Waals surface area contributed by atoms with Crippen LogP contribution in [0.25, 0.3) is 0 Å². The van der Waals surface area contributed by atoms with E-state index in [-0.39, 0.29) is 17.2 Å². The van der Waals surface area contributed by atoms with Gasteiger partial charge >= 0.3 is 0 Å². The lowest BCUT2D eigenvalue weighted by atomic mass is 9.85. The van der Waals surface area contributed by atoms with E-state index in [1.807, 2.05) is 0 Å². The third-order valence-corrected chi connectivity index (χ3v) is 5.01. The topological polar surface area (TPSA) is 116 Å². The molecule has 7 nitrogen and oxygen atoms in total.